The number of aromatic nitrogens is 3. The lowest BCUT2D eigenvalue weighted by molar-refractivity contribution is -0.151. The lowest BCUT2D eigenvalue weighted by atomic mass is 9.43. The predicted octanol–water partition coefficient (Wildman–Crippen LogP) is 2.88. The van der Waals surface area contributed by atoms with E-state index in [1.807, 2.05) is 6.08 Å². The number of Topliss-reactive ketones (excluding diaryl/α,β-unsaturated/α-hetero) is 2. The van der Waals surface area contributed by atoms with Gasteiger partial charge in [0.15, 0.2) is 11.6 Å². The number of halogens is 1. The highest BCUT2D eigenvalue weighted by atomic mass is 35.5. The van der Waals surface area contributed by atoms with Crippen LogP contribution in [0, 0.1) is 10.8 Å². The summed E-state index contributed by atoms with van der Waals surface area (Å²) in [5, 5.41) is 11.3. The molecule has 0 spiro atoms. The molecule has 0 radical (unpaired) electrons. The zero-order valence-electron chi connectivity index (χ0n) is 19.7. The molecule has 2 heterocycles. The van der Waals surface area contributed by atoms with Gasteiger partial charge in [-0.05, 0) is 55.2 Å². The minimum absolute atomic E-state index is 0.0490. The number of fused-ring (bicyclic) bond motifs is 4. The number of allylic oxidation sites excluding steroid dienone is 4. The first-order chi connectivity index (χ1) is 15.9. The number of phenols is 1. The summed E-state index contributed by atoms with van der Waals surface area (Å²) in [7, 11) is 1.42. The molecule has 1 aromatic heterocycles. The molecule has 8 nitrogen and oxygen atoms in total. The van der Waals surface area contributed by atoms with Crippen LogP contribution in [0.3, 0.4) is 0 Å². The molecule has 1 fully saturated rings. The highest BCUT2D eigenvalue weighted by molar-refractivity contribution is 6.30. The van der Waals surface area contributed by atoms with Crippen LogP contribution in [0.4, 0.5) is 0 Å². The van der Waals surface area contributed by atoms with Crippen LogP contribution >= 0.6 is 11.6 Å². The number of ketones is 2. The van der Waals surface area contributed by atoms with Gasteiger partial charge in [-0.1, -0.05) is 31.5 Å². The zero-order chi connectivity index (χ0) is 24.9. The van der Waals surface area contributed by atoms with Gasteiger partial charge in [0, 0.05) is 29.0 Å². The smallest absolute Gasteiger partial charge is 0.347 e. The number of rotatable bonds is 1. The number of aromatic hydroxyl groups is 1. The van der Waals surface area contributed by atoms with Crippen LogP contribution in [0.2, 0.25) is 5.02 Å². The van der Waals surface area contributed by atoms with E-state index in [4.69, 9.17) is 11.6 Å². The molecule has 1 aliphatic heterocycles. The van der Waals surface area contributed by atoms with Gasteiger partial charge in [0.05, 0.1) is 18.0 Å². The van der Waals surface area contributed by atoms with Crippen molar-refractivity contribution in [2.75, 3.05) is 0 Å². The maximum absolute atomic E-state index is 14.0. The largest absolute Gasteiger partial charge is 0.508 e. The average Bonchev–Trinajstić information content (AvgIpc) is 3.03. The van der Waals surface area contributed by atoms with Gasteiger partial charge in [0.2, 0.25) is 0 Å². The molecule has 2 aliphatic carbocycles. The molecule has 2 aromatic rings. The van der Waals surface area contributed by atoms with Crippen LogP contribution in [0.15, 0.2) is 50.6 Å². The van der Waals surface area contributed by atoms with Crippen LogP contribution in [0.5, 0.6) is 5.75 Å². The standard InChI is InChI=1S/C25H26ClN3O5/c1-12-13(2)21(32)25(4)19(16-10-14(26)6-7-18(16)30)15-8-9-28-22(33)27(5)23(34)29(28)17(15)11-24(25,3)20(12)31/h6-8,10,17,19,30H,9,11H2,1-5H3/t17-,19-,24+,25-/m1/s1. The lowest BCUT2D eigenvalue weighted by Gasteiger charge is -2.58. The molecule has 4 atom stereocenters. The molecule has 3 aliphatic rings. The van der Waals surface area contributed by atoms with Crippen LogP contribution in [0.1, 0.15) is 51.6 Å². The second kappa shape index (κ2) is 6.95. The van der Waals surface area contributed by atoms with Crippen molar-refractivity contribution in [1.82, 2.24) is 13.9 Å². The molecule has 0 bridgehead atoms. The second-order valence-electron chi connectivity index (χ2n) is 10.1. The Kier molecular flexibility index (Phi) is 4.63. The van der Waals surface area contributed by atoms with Crippen molar-refractivity contribution in [1.29, 1.82) is 0 Å². The van der Waals surface area contributed by atoms with Gasteiger partial charge in [0.1, 0.15) is 5.75 Å². The van der Waals surface area contributed by atoms with Gasteiger partial charge in [-0.3, -0.25) is 9.59 Å². The minimum atomic E-state index is -1.24. The number of benzene rings is 1. The summed E-state index contributed by atoms with van der Waals surface area (Å²) >= 11 is 6.32. The van der Waals surface area contributed by atoms with E-state index in [9.17, 15) is 24.3 Å². The topological polar surface area (TPSA) is 103 Å². The molecule has 34 heavy (non-hydrogen) atoms. The summed E-state index contributed by atoms with van der Waals surface area (Å²) in [6, 6.07) is 4.00. The molecule has 0 saturated heterocycles. The fourth-order valence-corrected chi connectivity index (χ4v) is 6.59. The summed E-state index contributed by atoms with van der Waals surface area (Å²) < 4.78 is 3.80. The Morgan fingerprint density at radius 2 is 1.68 bits per heavy atom. The normalized spacial score (nSPS) is 30.6. The molecule has 0 amide bonds. The Bertz CT molecular complexity index is 1490. The Morgan fingerprint density at radius 3 is 2.35 bits per heavy atom. The monoisotopic (exact) mass is 483 g/mol. The summed E-state index contributed by atoms with van der Waals surface area (Å²) in [6.07, 6.45) is 2.02. The van der Waals surface area contributed by atoms with E-state index in [2.05, 4.69) is 0 Å². The highest BCUT2D eigenvalue weighted by Crippen LogP contribution is 2.66. The van der Waals surface area contributed by atoms with E-state index in [1.54, 1.807) is 39.8 Å². The Labute approximate surface area is 200 Å². The van der Waals surface area contributed by atoms with Crippen molar-refractivity contribution in [3.63, 3.8) is 0 Å². The predicted molar refractivity (Wildman–Crippen MR) is 126 cm³/mol. The van der Waals surface area contributed by atoms with E-state index in [1.165, 1.54) is 22.5 Å². The molecule has 1 N–H and O–H groups in total. The fraction of sp³-hybridized carbons (Fsp3) is 0.440. The van der Waals surface area contributed by atoms with E-state index in [0.29, 0.717) is 21.7 Å². The quantitative estimate of drug-likeness (QED) is 0.628. The van der Waals surface area contributed by atoms with E-state index >= 15 is 0 Å². The molecule has 5 rings (SSSR count). The highest BCUT2D eigenvalue weighted by Gasteiger charge is 2.67. The van der Waals surface area contributed by atoms with E-state index in [-0.39, 0.29) is 30.3 Å². The fourth-order valence-electron chi connectivity index (χ4n) is 6.41. The van der Waals surface area contributed by atoms with Crippen molar-refractivity contribution < 1.29 is 14.7 Å². The van der Waals surface area contributed by atoms with Gasteiger partial charge in [-0.15, -0.1) is 0 Å². The first kappa shape index (κ1) is 22.7. The average molecular weight is 484 g/mol. The molecule has 0 unspecified atom stereocenters. The number of hydrogen-bond acceptors (Lipinski definition) is 5. The summed E-state index contributed by atoms with van der Waals surface area (Å²) in [5.74, 6) is -1.11. The number of hydrogen-bond donors (Lipinski definition) is 1. The van der Waals surface area contributed by atoms with Crippen LogP contribution in [-0.4, -0.2) is 30.6 Å². The van der Waals surface area contributed by atoms with Crippen molar-refractivity contribution in [2.45, 2.75) is 52.6 Å². The van der Waals surface area contributed by atoms with Crippen LogP contribution < -0.4 is 11.4 Å². The number of carbonyl (C=O) groups is 2. The van der Waals surface area contributed by atoms with Gasteiger partial charge < -0.3 is 5.11 Å². The maximum atomic E-state index is 14.0. The molecular weight excluding hydrogens is 458 g/mol. The minimum Gasteiger partial charge on any atom is -0.508 e. The molecule has 1 saturated carbocycles. The van der Waals surface area contributed by atoms with E-state index < -0.39 is 34.2 Å². The summed E-state index contributed by atoms with van der Waals surface area (Å²) in [4.78, 5) is 53.6. The Balaban J connectivity index is 1.89. The third kappa shape index (κ3) is 2.49. The lowest BCUT2D eigenvalue weighted by Crippen LogP contribution is -2.61. The summed E-state index contributed by atoms with van der Waals surface area (Å²) in [5.41, 5.74) is -1.41. The molecule has 9 heteroatoms. The Morgan fingerprint density at radius 1 is 1.03 bits per heavy atom. The first-order valence-electron chi connectivity index (χ1n) is 11.2. The Hall–Kier alpha value is -3.13. The van der Waals surface area contributed by atoms with Gasteiger partial charge in [-0.25, -0.2) is 23.5 Å². The van der Waals surface area contributed by atoms with E-state index in [0.717, 1.165) is 10.1 Å². The van der Waals surface area contributed by atoms with Crippen molar-refractivity contribution in [2.24, 2.45) is 17.9 Å². The first-order valence-corrected chi connectivity index (χ1v) is 11.6. The van der Waals surface area contributed by atoms with Crippen molar-refractivity contribution in [3.05, 3.63) is 72.5 Å². The van der Waals surface area contributed by atoms with Crippen molar-refractivity contribution in [3.8, 4) is 5.75 Å². The third-order valence-corrected chi connectivity index (χ3v) is 8.84. The number of phenolic OH excluding ortho intramolecular Hbond substituents is 1. The molecular formula is C25H26ClN3O5. The summed E-state index contributed by atoms with van der Waals surface area (Å²) in [6.45, 7) is 7.00. The SMILES string of the molecule is CC1=C(C)C(=O)[C@@]2(C)[C@@H](c3cc(Cl)ccc3O)C3=CCn4c(=O)n(C)c(=O)n4[C@@H]3C[C@@]2(C)C1=O. The zero-order valence-corrected chi connectivity index (χ0v) is 20.4. The second-order valence-corrected chi connectivity index (χ2v) is 10.5. The molecule has 1 aromatic carbocycles. The molecule has 178 valence electrons. The van der Waals surface area contributed by atoms with Gasteiger partial charge in [0.25, 0.3) is 0 Å². The van der Waals surface area contributed by atoms with Gasteiger partial charge >= 0.3 is 11.4 Å². The van der Waals surface area contributed by atoms with Crippen LogP contribution in [-0.2, 0) is 23.2 Å². The van der Waals surface area contributed by atoms with Gasteiger partial charge in [-0.2, -0.15) is 0 Å². The van der Waals surface area contributed by atoms with Crippen LogP contribution in [0.25, 0.3) is 0 Å². The number of carbonyl (C=O) groups excluding carboxylic acids is 2. The maximum Gasteiger partial charge on any atom is 0.347 e. The van der Waals surface area contributed by atoms with Crippen molar-refractivity contribution >= 4 is 23.2 Å². The number of nitrogens with zero attached hydrogens (tertiary/aromatic N) is 3. The third-order valence-electron chi connectivity index (χ3n) is 8.61.